The van der Waals surface area contributed by atoms with Crippen molar-refractivity contribution in [1.29, 1.82) is 0 Å². The minimum Gasteiger partial charge on any atom is -0.481 e. The van der Waals surface area contributed by atoms with Gasteiger partial charge < -0.3 is 10.2 Å². The van der Waals surface area contributed by atoms with E-state index >= 15 is 0 Å². The summed E-state index contributed by atoms with van der Waals surface area (Å²) in [7, 11) is 0. The molecule has 19 heavy (non-hydrogen) atoms. The topological polar surface area (TPSA) is 74.6 Å². The van der Waals surface area contributed by atoms with E-state index in [2.05, 4.69) is 20.8 Å². The average molecular weight is 272 g/mol. The van der Waals surface area contributed by atoms with E-state index < -0.39 is 17.9 Å². The van der Waals surface area contributed by atoms with Crippen LogP contribution in [0.1, 0.15) is 72.1 Å². The molecule has 0 aliphatic carbocycles. The Bertz CT molecular complexity index is 288. The highest BCUT2D eigenvalue weighted by atomic mass is 16.4. The predicted molar refractivity (Wildman–Crippen MR) is 75.2 cm³/mol. The molecule has 0 saturated heterocycles. The quantitative estimate of drug-likeness (QED) is 0.597. The van der Waals surface area contributed by atoms with Crippen LogP contribution in [0.5, 0.6) is 0 Å². The largest absolute Gasteiger partial charge is 0.481 e. The zero-order chi connectivity index (χ0) is 14.9. The molecule has 0 bridgehead atoms. The van der Waals surface area contributed by atoms with E-state index in [0.29, 0.717) is 19.3 Å². The second kappa shape index (κ2) is 8.94. The van der Waals surface area contributed by atoms with E-state index in [0.717, 1.165) is 25.7 Å². The van der Waals surface area contributed by atoms with E-state index in [1.54, 1.807) is 0 Å². The van der Waals surface area contributed by atoms with Crippen molar-refractivity contribution in [2.24, 2.45) is 11.3 Å². The van der Waals surface area contributed by atoms with Crippen LogP contribution in [0, 0.1) is 11.3 Å². The highest BCUT2D eigenvalue weighted by Crippen LogP contribution is 2.36. The van der Waals surface area contributed by atoms with Crippen LogP contribution in [-0.2, 0) is 9.59 Å². The summed E-state index contributed by atoms with van der Waals surface area (Å²) in [6.45, 7) is 6.39. The molecule has 0 aliphatic rings. The Balaban J connectivity index is 4.44. The summed E-state index contributed by atoms with van der Waals surface area (Å²) in [5, 5.41) is 17.9. The first kappa shape index (κ1) is 17.9. The van der Waals surface area contributed by atoms with Crippen molar-refractivity contribution in [1.82, 2.24) is 0 Å². The fourth-order valence-electron chi connectivity index (χ4n) is 2.43. The molecule has 0 amide bonds. The molecule has 0 heterocycles. The SMILES string of the molecule is CCCCC(C)(CC)CC(CCCC(=O)O)C(=O)O. The summed E-state index contributed by atoms with van der Waals surface area (Å²) in [6, 6.07) is 0. The van der Waals surface area contributed by atoms with Gasteiger partial charge in [0.2, 0.25) is 0 Å². The van der Waals surface area contributed by atoms with Crippen LogP contribution in [0.15, 0.2) is 0 Å². The van der Waals surface area contributed by atoms with Crippen LogP contribution in [0.2, 0.25) is 0 Å². The van der Waals surface area contributed by atoms with Crippen LogP contribution in [0.3, 0.4) is 0 Å². The third kappa shape index (κ3) is 7.85. The number of hydrogen-bond donors (Lipinski definition) is 2. The summed E-state index contributed by atoms with van der Waals surface area (Å²) in [6.07, 6.45) is 5.86. The van der Waals surface area contributed by atoms with Crippen LogP contribution in [0.25, 0.3) is 0 Å². The normalized spacial score (nSPS) is 15.7. The summed E-state index contributed by atoms with van der Waals surface area (Å²) in [5.41, 5.74) is 0.0578. The molecular weight excluding hydrogens is 244 g/mol. The summed E-state index contributed by atoms with van der Waals surface area (Å²) >= 11 is 0. The van der Waals surface area contributed by atoms with E-state index in [4.69, 9.17) is 5.11 Å². The Morgan fingerprint density at radius 1 is 1.16 bits per heavy atom. The molecule has 0 aromatic carbocycles. The molecule has 0 fully saturated rings. The number of aliphatic carboxylic acids is 2. The number of rotatable bonds is 11. The number of carboxylic acids is 2. The van der Waals surface area contributed by atoms with Crippen LogP contribution < -0.4 is 0 Å². The summed E-state index contributed by atoms with van der Waals surface area (Å²) < 4.78 is 0. The lowest BCUT2D eigenvalue weighted by Crippen LogP contribution is -2.25. The molecule has 0 aliphatic heterocycles. The van der Waals surface area contributed by atoms with Crippen molar-refractivity contribution < 1.29 is 19.8 Å². The van der Waals surface area contributed by atoms with Gasteiger partial charge in [0.05, 0.1) is 5.92 Å². The molecule has 0 aromatic heterocycles. The Morgan fingerprint density at radius 2 is 1.79 bits per heavy atom. The second-order valence-corrected chi connectivity index (χ2v) is 5.79. The van der Waals surface area contributed by atoms with Gasteiger partial charge in [-0.15, -0.1) is 0 Å². The first-order chi connectivity index (χ1) is 8.84. The zero-order valence-corrected chi connectivity index (χ0v) is 12.4. The average Bonchev–Trinajstić information content (AvgIpc) is 2.34. The Hall–Kier alpha value is -1.06. The molecule has 0 spiro atoms. The Labute approximate surface area is 116 Å². The number of unbranched alkanes of at least 4 members (excludes halogenated alkanes) is 1. The van der Waals surface area contributed by atoms with Crippen LogP contribution >= 0.6 is 0 Å². The van der Waals surface area contributed by atoms with E-state index in [1.807, 2.05) is 0 Å². The van der Waals surface area contributed by atoms with E-state index in [9.17, 15) is 14.7 Å². The Morgan fingerprint density at radius 3 is 2.21 bits per heavy atom. The lowest BCUT2D eigenvalue weighted by Gasteiger charge is -2.31. The highest BCUT2D eigenvalue weighted by molar-refractivity contribution is 5.70. The summed E-state index contributed by atoms with van der Waals surface area (Å²) in [4.78, 5) is 21.8. The van der Waals surface area contributed by atoms with Crippen molar-refractivity contribution in [2.75, 3.05) is 0 Å². The fraction of sp³-hybridized carbons (Fsp3) is 0.867. The molecule has 2 atom stereocenters. The smallest absolute Gasteiger partial charge is 0.306 e. The van der Waals surface area contributed by atoms with Crippen LogP contribution in [0.4, 0.5) is 0 Å². The monoisotopic (exact) mass is 272 g/mol. The molecule has 0 radical (unpaired) electrons. The molecule has 0 saturated carbocycles. The van der Waals surface area contributed by atoms with Gasteiger partial charge in [-0.3, -0.25) is 9.59 Å². The lowest BCUT2D eigenvalue weighted by molar-refractivity contribution is -0.144. The van der Waals surface area contributed by atoms with Gasteiger partial charge in [-0.2, -0.15) is 0 Å². The third-order valence-electron chi connectivity index (χ3n) is 4.02. The van der Waals surface area contributed by atoms with Gasteiger partial charge in [0.25, 0.3) is 0 Å². The van der Waals surface area contributed by atoms with Crippen molar-refractivity contribution in [3.05, 3.63) is 0 Å². The van der Waals surface area contributed by atoms with Crippen molar-refractivity contribution in [3.63, 3.8) is 0 Å². The maximum atomic E-state index is 11.3. The minimum atomic E-state index is -0.853. The number of carbonyl (C=O) groups is 2. The molecule has 2 unspecified atom stereocenters. The predicted octanol–water partition coefficient (Wildman–Crippen LogP) is 3.94. The van der Waals surface area contributed by atoms with Gasteiger partial charge in [-0.25, -0.2) is 0 Å². The molecule has 4 nitrogen and oxygen atoms in total. The van der Waals surface area contributed by atoms with E-state index in [1.165, 1.54) is 0 Å². The van der Waals surface area contributed by atoms with Gasteiger partial charge in [0, 0.05) is 6.42 Å². The maximum absolute atomic E-state index is 11.3. The first-order valence-corrected chi connectivity index (χ1v) is 7.29. The second-order valence-electron chi connectivity index (χ2n) is 5.79. The molecular formula is C15H28O4. The molecule has 112 valence electrons. The van der Waals surface area contributed by atoms with Gasteiger partial charge in [-0.1, -0.05) is 40.0 Å². The standard InChI is InChI=1S/C15H28O4/c1-4-6-10-15(3,5-2)11-12(14(18)19)8-7-9-13(16)17/h12H,4-11H2,1-3H3,(H,16,17)(H,18,19). The Kier molecular flexibility index (Phi) is 8.44. The third-order valence-corrected chi connectivity index (χ3v) is 4.02. The maximum Gasteiger partial charge on any atom is 0.306 e. The van der Waals surface area contributed by atoms with Crippen molar-refractivity contribution >= 4 is 11.9 Å². The number of carboxylic acid groups (broad SMARTS) is 2. The zero-order valence-electron chi connectivity index (χ0n) is 12.4. The van der Waals surface area contributed by atoms with Crippen LogP contribution in [-0.4, -0.2) is 22.2 Å². The fourth-order valence-corrected chi connectivity index (χ4v) is 2.43. The lowest BCUT2D eigenvalue weighted by atomic mass is 9.74. The number of hydrogen-bond acceptors (Lipinski definition) is 2. The molecule has 4 heteroatoms. The highest BCUT2D eigenvalue weighted by Gasteiger charge is 2.29. The van der Waals surface area contributed by atoms with Crippen molar-refractivity contribution in [2.45, 2.75) is 72.1 Å². The van der Waals surface area contributed by atoms with Crippen molar-refractivity contribution in [3.8, 4) is 0 Å². The van der Waals surface area contributed by atoms with Gasteiger partial charge in [-0.05, 0) is 31.1 Å². The summed E-state index contributed by atoms with van der Waals surface area (Å²) in [5.74, 6) is -2.06. The van der Waals surface area contributed by atoms with E-state index in [-0.39, 0.29) is 11.8 Å². The molecule has 2 N–H and O–H groups in total. The molecule has 0 aromatic rings. The van der Waals surface area contributed by atoms with Gasteiger partial charge in [0.15, 0.2) is 0 Å². The van der Waals surface area contributed by atoms with Gasteiger partial charge >= 0.3 is 11.9 Å². The van der Waals surface area contributed by atoms with Gasteiger partial charge in [0.1, 0.15) is 0 Å². The first-order valence-electron chi connectivity index (χ1n) is 7.29. The minimum absolute atomic E-state index is 0.0571. The molecule has 0 rings (SSSR count).